The third-order valence-corrected chi connectivity index (χ3v) is 4.38. The van der Waals surface area contributed by atoms with E-state index in [-0.39, 0.29) is 6.04 Å². The largest absolute Gasteiger partial charge is 0.356 e. The molecule has 0 saturated carbocycles. The van der Waals surface area contributed by atoms with E-state index < -0.39 is 0 Å². The molecule has 1 heteroatoms. The SMILES string of the molecule is C1=CC(c2ccccc2)N(Cc2ccccc2)c2ccccc21. The molecular weight excluding hydrogens is 278 g/mol. The summed E-state index contributed by atoms with van der Waals surface area (Å²) in [6.07, 6.45) is 4.55. The van der Waals surface area contributed by atoms with Gasteiger partial charge in [-0.25, -0.2) is 0 Å². The van der Waals surface area contributed by atoms with Gasteiger partial charge in [-0.15, -0.1) is 0 Å². The van der Waals surface area contributed by atoms with E-state index in [0.717, 1.165) is 6.54 Å². The highest BCUT2D eigenvalue weighted by Crippen LogP contribution is 2.37. The first-order valence-corrected chi connectivity index (χ1v) is 8.04. The summed E-state index contributed by atoms with van der Waals surface area (Å²) >= 11 is 0. The van der Waals surface area contributed by atoms with Crippen LogP contribution in [0.1, 0.15) is 22.7 Å². The maximum Gasteiger partial charge on any atom is 0.0733 e. The molecule has 0 fully saturated rings. The van der Waals surface area contributed by atoms with Gasteiger partial charge in [0.25, 0.3) is 0 Å². The molecular formula is C22H19N. The van der Waals surface area contributed by atoms with Gasteiger partial charge in [0.15, 0.2) is 0 Å². The maximum absolute atomic E-state index is 2.49. The molecule has 0 amide bonds. The van der Waals surface area contributed by atoms with Gasteiger partial charge in [0.05, 0.1) is 6.04 Å². The highest BCUT2D eigenvalue weighted by atomic mass is 15.2. The molecule has 0 bridgehead atoms. The Morgan fingerprint density at radius 1 is 0.696 bits per heavy atom. The van der Waals surface area contributed by atoms with Crippen molar-refractivity contribution in [2.24, 2.45) is 0 Å². The van der Waals surface area contributed by atoms with Crippen LogP contribution >= 0.6 is 0 Å². The van der Waals surface area contributed by atoms with Gasteiger partial charge in [-0.1, -0.05) is 91.0 Å². The molecule has 0 spiro atoms. The summed E-state index contributed by atoms with van der Waals surface area (Å²) in [6, 6.07) is 30.3. The minimum atomic E-state index is 0.270. The first-order chi connectivity index (χ1) is 11.4. The van der Waals surface area contributed by atoms with Crippen molar-refractivity contribution in [2.45, 2.75) is 12.6 Å². The summed E-state index contributed by atoms with van der Waals surface area (Å²) in [5.41, 5.74) is 5.25. The predicted molar refractivity (Wildman–Crippen MR) is 97.3 cm³/mol. The number of para-hydroxylation sites is 1. The second kappa shape index (κ2) is 6.13. The lowest BCUT2D eigenvalue weighted by Crippen LogP contribution is -2.29. The highest BCUT2D eigenvalue weighted by molar-refractivity contribution is 5.73. The van der Waals surface area contributed by atoms with Crippen LogP contribution < -0.4 is 4.90 Å². The summed E-state index contributed by atoms with van der Waals surface area (Å²) < 4.78 is 0. The minimum Gasteiger partial charge on any atom is -0.356 e. The molecule has 0 saturated heterocycles. The number of hydrogen-bond acceptors (Lipinski definition) is 1. The molecule has 1 aliphatic rings. The molecule has 1 unspecified atom stereocenters. The van der Waals surface area contributed by atoms with Gasteiger partial charge in [-0.3, -0.25) is 0 Å². The fourth-order valence-corrected chi connectivity index (χ4v) is 3.24. The lowest BCUT2D eigenvalue weighted by atomic mass is 9.96. The van der Waals surface area contributed by atoms with Crippen LogP contribution in [0.5, 0.6) is 0 Å². The zero-order valence-electron chi connectivity index (χ0n) is 13.0. The Labute approximate surface area is 137 Å². The van der Waals surface area contributed by atoms with E-state index >= 15 is 0 Å². The molecule has 1 heterocycles. The van der Waals surface area contributed by atoms with Crippen molar-refractivity contribution in [3.63, 3.8) is 0 Å². The van der Waals surface area contributed by atoms with Crippen molar-refractivity contribution in [3.8, 4) is 0 Å². The van der Waals surface area contributed by atoms with E-state index in [0.29, 0.717) is 0 Å². The number of rotatable bonds is 3. The second-order valence-corrected chi connectivity index (χ2v) is 5.89. The summed E-state index contributed by atoms with van der Waals surface area (Å²) in [5.74, 6) is 0. The Bertz CT molecular complexity index is 806. The first kappa shape index (κ1) is 13.8. The van der Waals surface area contributed by atoms with E-state index in [4.69, 9.17) is 0 Å². The van der Waals surface area contributed by atoms with E-state index in [9.17, 15) is 0 Å². The van der Waals surface area contributed by atoms with E-state index in [2.05, 4.69) is 102 Å². The van der Waals surface area contributed by atoms with Gasteiger partial charge in [-0.2, -0.15) is 0 Å². The van der Waals surface area contributed by atoms with Crippen molar-refractivity contribution in [1.82, 2.24) is 0 Å². The van der Waals surface area contributed by atoms with Gasteiger partial charge in [0.2, 0.25) is 0 Å². The van der Waals surface area contributed by atoms with Gasteiger partial charge < -0.3 is 4.90 Å². The number of nitrogens with zero attached hydrogens (tertiary/aromatic N) is 1. The van der Waals surface area contributed by atoms with Gasteiger partial charge in [-0.05, 0) is 22.8 Å². The minimum absolute atomic E-state index is 0.270. The maximum atomic E-state index is 2.49. The molecule has 4 rings (SSSR count). The molecule has 112 valence electrons. The normalized spacial score (nSPS) is 16.2. The molecule has 1 aliphatic heterocycles. The third-order valence-electron chi connectivity index (χ3n) is 4.38. The smallest absolute Gasteiger partial charge is 0.0733 e. The van der Waals surface area contributed by atoms with Crippen molar-refractivity contribution in [3.05, 3.63) is 108 Å². The quantitative estimate of drug-likeness (QED) is 0.620. The summed E-state index contributed by atoms with van der Waals surface area (Å²) in [4.78, 5) is 2.49. The van der Waals surface area contributed by atoms with Crippen LogP contribution in [0.15, 0.2) is 91.0 Å². The number of fused-ring (bicyclic) bond motifs is 1. The van der Waals surface area contributed by atoms with Crippen LogP contribution in [0.4, 0.5) is 5.69 Å². The lowest BCUT2D eigenvalue weighted by molar-refractivity contribution is 0.717. The van der Waals surface area contributed by atoms with Gasteiger partial charge >= 0.3 is 0 Å². The molecule has 3 aromatic rings. The van der Waals surface area contributed by atoms with Crippen molar-refractivity contribution >= 4 is 11.8 Å². The molecule has 0 aliphatic carbocycles. The van der Waals surface area contributed by atoms with E-state index in [1.165, 1.54) is 22.4 Å². The van der Waals surface area contributed by atoms with Crippen LogP contribution in [0, 0.1) is 0 Å². The van der Waals surface area contributed by atoms with Crippen LogP contribution in [-0.2, 0) is 6.54 Å². The number of benzene rings is 3. The Hall–Kier alpha value is -2.80. The topological polar surface area (TPSA) is 3.24 Å². The number of anilines is 1. The van der Waals surface area contributed by atoms with Crippen LogP contribution in [0.2, 0.25) is 0 Å². The molecule has 0 radical (unpaired) electrons. The standard InChI is InChI=1S/C22H19N/c1-3-9-18(10-4-1)17-23-21-14-8-7-13-20(21)15-16-22(23)19-11-5-2-6-12-19/h1-16,22H,17H2. The number of hydrogen-bond donors (Lipinski definition) is 0. The Balaban J connectivity index is 1.77. The Morgan fingerprint density at radius 2 is 1.35 bits per heavy atom. The molecule has 23 heavy (non-hydrogen) atoms. The Morgan fingerprint density at radius 3 is 2.13 bits per heavy atom. The van der Waals surface area contributed by atoms with Crippen molar-refractivity contribution < 1.29 is 0 Å². The molecule has 0 N–H and O–H groups in total. The highest BCUT2D eigenvalue weighted by Gasteiger charge is 2.23. The fourth-order valence-electron chi connectivity index (χ4n) is 3.24. The van der Waals surface area contributed by atoms with Crippen LogP contribution in [0.25, 0.3) is 6.08 Å². The second-order valence-electron chi connectivity index (χ2n) is 5.89. The molecule has 0 aromatic heterocycles. The molecule has 1 atom stereocenters. The summed E-state index contributed by atoms with van der Waals surface area (Å²) in [7, 11) is 0. The monoisotopic (exact) mass is 297 g/mol. The van der Waals surface area contributed by atoms with Crippen molar-refractivity contribution in [1.29, 1.82) is 0 Å². The van der Waals surface area contributed by atoms with Gasteiger partial charge in [0, 0.05) is 12.2 Å². The van der Waals surface area contributed by atoms with Crippen molar-refractivity contribution in [2.75, 3.05) is 4.90 Å². The fraction of sp³-hybridized carbons (Fsp3) is 0.0909. The summed E-state index contributed by atoms with van der Waals surface area (Å²) in [5, 5.41) is 0. The molecule has 1 nitrogen and oxygen atoms in total. The average molecular weight is 297 g/mol. The third kappa shape index (κ3) is 2.78. The predicted octanol–water partition coefficient (Wildman–Crippen LogP) is 5.46. The summed E-state index contributed by atoms with van der Waals surface area (Å²) in [6.45, 7) is 0.905. The zero-order chi connectivity index (χ0) is 15.5. The van der Waals surface area contributed by atoms with Crippen LogP contribution in [0.3, 0.4) is 0 Å². The van der Waals surface area contributed by atoms with E-state index in [1.54, 1.807) is 0 Å². The Kier molecular flexibility index (Phi) is 3.69. The average Bonchev–Trinajstić information content (AvgIpc) is 2.64. The van der Waals surface area contributed by atoms with E-state index in [1.807, 2.05) is 0 Å². The van der Waals surface area contributed by atoms with Crippen LogP contribution in [-0.4, -0.2) is 0 Å². The zero-order valence-corrected chi connectivity index (χ0v) is 13.0. The van der Waals surface area contributed by atoms with Gasteiger partial charge in [0.1, 0.15) is 0 Å². The molecule has 3 aromatic carbocycles. The lowest BCUT2D eigenvalue weighted by Gasteiger charge is -2.36. The first-order valence-electron chi connectivity index (χ1n) is 8.04.